The molecule has 1 amide bonds. The number of piperidine rings is 1. The summed E-state index contributed by atoms with van der Waals surface area (Å²) in [5.41, 5.74) is 2.61. The minimum absolute atomic E-state index is 0.0830. The Labute approximate surface area is 147 Å². The van der Waals surface area contributed by atoms with Crippen molar-refractivity contribution in [3.05, 3.63) is 16.6 Å². The van der Waals surface area contributed by atoms with E-state index in [0.717, 1.165) is 64.7 Å². The van der Waals surface area contributed by atoms with E-state index in [-0.39, 0.29) is 5.91 Å². The van der Waals surface area contributed by atoms with Gasteiger partial charge in [0.05, 0.1) is 18.7 Å². The van der Waals surface area contributed by atoms with Crippen molar-refractivity contribution in [2.24, 2.45) is 17.3 Å². The van der Waals surface area contributed by atoms with Gasteiger partial charge in [-0.15, -0.1) is 11.3 Å². The van der Waals surface area contributed by atoms with E-state index in [4.69, 9.17) is 9.47 Å². The molecule has 0 radical (unpaired) electrons. The standard InChI is InChI=1S/C18H26N2O3S/c21-17(16-12-24-13-19-16)20-6-3-18(4-7-20)5-8-22-10-15(18)11-23-9-14-1-2-14/h12-15H,1-11H2/t15-/m0/s1. The Kier molecular flexibility index (Phi) is 4.88. The minimum Gasteiger partial charge on any atom is -0.381 e. The molecule has 1 aromatic rings. The van der Waals surface area contributed by atoms with E-state index in [9.17, 15) is 4.79 Å². The molecule has 5 nitrogen and oxygen atoms in total. The lowest BCUT2D eigenvalue weighted by Crippen LogP contribution is -2.50. The van der Waals surface area contributed by atoms with Gasteiger partial charge < -0.3 is 14.4 Å². The maximum atomic E-state index is 12.5. The lowest BCUT2D eigenvalue weighted by atomic mass is 9.66. The zero-order valence-corrected chi connectivity index (χ0v) is 14.9. The highest BCUT2D eigenvalue weighted by Gasteiger charge is 2.44. The van der Waals surface area contributed by atoms with Crippen LogP contribution in [0.4, 0.5) is 0 Å². The smallest absolute Gasteiger partial charge is 0.273 e. The van der Waals surface area contributed by atoms with Crippen LogP contribution in [-0.2, 0) is 9.47 Å². The molecule has 6 heteroatoms. The van der Waals surface area contributed by atoms with Crippen molar-refractivity contribution in [2.45, 2.75) is 32.1 Å². The Morgan fingerprint density at radius 2 is 2.17 bits per heavy atom. The van der Waals surface area contributed by atoms with Crippen molar-refractivity contribution < 1.29 is 14.3 Å². The monoisotopic (exact) mass is 350 g/mol. The summed E-state index contributed by atoms with van der Waals surface area (Å²) in [7, 11) is 0. The lowest BCUT2D eigenvalue weighted by molar-refractivity contribution is -0.0976. The molecular formula is C18H26N2O3S. The predicted octanol–water partition coefficient (Wildman–Crippen LogP) is 2.83. The summed E-state index contributed by atoms with van der Waals surface area (Å²) in [4.78, 5) is 18.6. The van der Waals surface area contributed by atoms with Crippen LogP contribution in [0.15, 0.2) is 10.9 Å². The molecule has 2 aliphatic heterocycles. The second-order valence-electron chi connectivity index (χ2n) is 7.53. The molecule has 1 spiro atoms. The molecule has 3 aliphatic rings. The van der Waals surface area contributed by atoms with Gasteiger partial charge in [-0.3, -0.25) is 4.79 Å². The lowest BCUT2D eigenvalue weighted by Gasteiger charge is -2.48. The van der Waals surface area contributed by atoms with Crippen LogP contribution in [0.2, 0.25) is 0 Å². The van der Waals surface area contributed by atoms with Crippen molar-refractivity contribution in [1.29, 1.82) is 0 Å². The number of hydrogen-bond acceptors (Lipinski definition) is 5. The summed E-state index contributed by atoms with van der Waals surface area (Å²) in [6.45, 7) is 5.05. The van der Waals surface area contributed by atoms with Crippen LogP contribution in [0.3, 0.4) is 0 Å². The molecule has 0 bridgehead atoms. The summed E-state index contributed by atoms with van der Waals surface area (Å²) in [5, 5.41) is 1.84. The van der Waals surface area contributed by atoms with Gasteiger partial charge in [-0.2, -0.15) is 0 Å². The van der Waals surface area contributed by atoms with E-state index in [1.807, 2.05) is 10.3 Å². The fraction of sp³-hybridized carbons (Fsp3) is 0.778. The molecule has 4 rings (SSSR count). The molecule has 1 aliphatic carbocycles. The fourth-order valence-corrected chi connectivity index (χ4v) is 4.59. The van der Waals surface area contributed by atoms with Gasteiger partial charge in [0.2, 0.25) is 0 Å². The molecule has 0 N–H and O–H groups in total. The molecule has 2 saturated heterocycles. The number of nitrogens with zero attached hydrogens (tertiary/aromatic N) is 2. The molecule has 3 heterocycles. The summed E-state index contributed by atoms with van der Waals surface area (Å²) in [6.07, 6.45) is 5.89. The number of amides is 1. The zero-order valence-electron chi connectivity index (χ0n) is 14.1. The summed E-state index contributed by atoms with van der Waals surface area (Å²) >= 11 is 1.48. The van der Waals surface area contributed by atoms with Gasteiger partial charge in [0.25, 0.3) is 5.91 Å². The van der Waals surface area contributed by atoms with E-state index in [0.29, 0.717) is 17.0 Å². The van der Waals surface area contributed by atoms with Gasteiger partial charge in [0, 0.05) is 37.6 Å². The van der Waals surface area contributed by atoms with Gasteiger partial charge in [-0.1, -0.05) is 0 Å². The van der Waals surface area contributed by atoms with Crippen molar-refractivity contribution in [3.63, 3.8) is 0 Å². The second kappa shape index (κ2) is 7.10. The van der Waals surface area contributed by atoms with Crippen molar-refractivity contribution >= 4 is 17.2 Å². The normalized spacial score (nSPS) is 26.7. The second-order valence-corrected chi connectivity index (χ2v) is 8.25. The van der Waals surface area contributed by atoms with Crippen LogP contribution in [-0.4, -0.2) is 55.3 Å². The van der Waals surface area contributed by atoms with E-state index in [2.05, 4.69) is 4.98 Å². The third kappa shape index (κ3) is 3.51. The number of rotatable bonds is 5. The Hall–Kier alpha value is -0.980. The minimum atomic E-state index is 0.0830. The van der Waals surface area contributed by atoms with Gasteiger partial charge in [-0.25, -0.2) is 4.98 Å². The topological polar surface area (TPSA) is 51.7 Å². The van der Waals surface area contributed by atoms with Gasteiger partial charge in [0.15, 0.2) is 0 Å². The zero-order chi connectivity index (χ0) is 16.4. The summed E-state index contributed by atoms with van der Waals surface area (Å²) in [5.74, 6) is 1.37. The Bertz CT molecular complexity index is 551. The molecule has 0 unspecified atom stereocenters. The number of hydrogen-bond donors (Lipinski definition) is 0. The average Bonchev–Trinajstić information content (AvgIpc) is 3.27. The predicted molar refractivity (Wildman–Crippen MR) is 92.2 cm³/mol. The van der Waals surface area contributed by atoms with Crippen molar-refractivity contribution in [3.8, 4) is 0 Å². The highest BCUT2D eigenvalue weighted by atomic mass is 32.1. The van der Waals surface area contributed by atoms with Crippen LogP contribution in [0.5, 0.6) is 0 Å². The molecule has 24 heavy (non-hydrogen) atoms. The molecule has 1 atom stereocenters. The van der Waals surface area contributed by atoms with Crippen LogP contribution in [0.25, 0.3) is 0 Å². The van der Waals surface area contributed by atoms with Crippen molar-refractivity contribution in [2.75, 3.05) is 39.5 Å². The summed E-state index contributed by atoms with van der Waals surface area (Å²) < 4.78 is 11.7. The first kappa shape index (κ1) is 16.5. The molecule has 3 fully saturated rings. The van der Waals surface area contributed by atoms with Crippen LogP contribution < -0.4 is 0 Å². The Balaban J connectivity index is 1.34. The van der Waals surface area contributed by atoms with E-state index < -0.39 is 0 Å². The summed E-state index contributed by atoms with van der Waals surface area (Å²) in [6, 6.07) is 0. The van der Waals surface area contributed by atoms with Crippen LogP contribution >= 0.6 is 11.3 Å². The number of ether oxygens (including phenoxy) is 2. The average molecular weight is 350 g/mol. The molecule has 1 aromatic heterocycles. The third-order valence-electron chi connectivity index (χ3n) is 6.00. The largest absolute Gasteiger partial charge is 0.381 e. The first-order valence-corrected chi connectivity index (χ1v) is 10.0. The first-order valence-electron chi connectivity index (χ1n) is 9.10. The van der Waals surface area contributed by atoms with E-state index in [1.54, 1.807) is 5.51 Å². The highest BCUT2D eigenvalue weighted by Crippen LogP contribution is 2.45. The number of carbonyl (C=O) groups is 1. The molecule has 0 aromatic carbocycles. The fourth-order valence-electron chi connectivity index (χ4n) is 4.06. The highest BCUT2D eigenvalue weighted by molar-refractivity contribution is 7.07. The Morgan fingerprint density at radius 3 is 2.88 bits per heavy atom. The number of carbonyl (C=O) groups excluding carboxylic acids is 1. The maximum Gasteiger partial charge on any atom is 0.273 e. The molecule has 1 saturated carbocycles. The number of thiazole rings is 1. The SMILES string of the molecule is O=C(c1cscn1)N1CCC2(CCOC[C@H]2COCC2CC2)CC1. The van der Waals surface area contributed by atoms with Gasteiger partial charge in [-0.05, 0) is 43.4 Å². The maximum absolute atomic E-state index is 12.5. The molecule has 132 valence electrons. The van der Waals surface area contributed by atoms with Crippen LogP contribution in [0.1, 0.15) is 42.6 Å². The first-order chi connectivity index (χ1) is 11.8. The number of likely N-dealkylation sites (tertiary alicyclic amines) is 1. The van der Waals surface area contributed by atoms with E-state index >= 15 is 0 Å². The van der Waals surface area contributed by atoms with Gasteiger partial charge >= 0.3 is 0 Å². The van der Waals surface area contributed by atoms with Crippen molar-refractivity contribution in [1.82, 2.24) is 9.88 Å². The number of aromatic nitrogens is 1. The third-order valence-corrected chi connectivity index (χ3v) is 6.58. The van der Waals surface area contributed by atoms with Gasteiger partial charge in [0.1, 0.15) is 5.69 Å². The molecular weight excluding hydrogens is 324 g/mol. The van der Waals surface area contributed by atoms with Crippen LogP contribution in [0, 0.1) is 17.3 Å². The van der Waals surface area contributed by atoms with E-state index in [1.165, 1.54) is 24.2 Å². The Morgan fingerprint density at radius 1 is 1.33 bits per heavy atom. The quantitative estimate of drug-likeness (QED) is 0.819.